The van der Waals surface area contributed by atoms with Gasteiger partial charge in [-0.1, -0.05) is 37.1 Å². The van der Waals surface area contributed by atoms with Gasteiger partial charge in [-0.05, 0) is 36.1 Å². The number of hydrogen-bond donors (Lipinski definition) is 2. The number of aliphatic hydroxyl groups excluding tert-OH is 1. The highest BCUT2D eigenvalue weighted by Gasteiger charge is 2.26. The molecule has 1 aliphatic carbocycles. The largest absolute Gasteiger partial charge is 0.391 e. The molecule has 1 fully saturated rings. The molecule has 7 nitrogen and oxygen atoms in total. The van der Waals surface area contributed by atoms with Crippen molar-refractivity contribution in [1.29, 1.82) is 0 Å². The first-order chi connectivity index (χ1) is 15.6. The first-order valence-electron chi connectivity index (χ1n) is 11.1. The van der Waals surface area contributed by atoms with Crippen LogP contribution in [0.4, 0.5) is 0 Å². The fourth-order valence-corrected chi connectivity index (χ4v) is 4.51. The van der Waals surface area contributed by atoms with Crippen LogP contribution in [0.3, 0.4) is 0 Å². The average Bonchev–Trinajstić information content (AvgIpc) is 3.40. The third kappa shape index (κ3) is 4.03. The molecule has 0 unspecified atom stereocenters. The van der Waals surface area contributed by atoms with Crippen LogP contribution in [0.15, 0.2) is 61.2 Å². The van der Waals surface area contributed by atoms with E-state index in [1.807, 2.05) is 37.8 Å². The lowest BCUT2D eigenvalue weighted by molar-refractivity contribution is 0.0718. The van der Waals surface area contributed by atoms with Gasteiger partial charge < -0.3 is 15.0 Å². The van der Waals surface area contributed by atoms with Gasteiger partial charge in [-0.25, -0.2) is 0 Å². The molecule has 0 aliphatic heterocycles. The van der Waals surface area contributed by atoms with Crippen LogP contribution in [0.1, 0.15) is 41.6 Å². The Kier molecular flexibility index (Phi) is 5.49. The average molecular weight is 430 g/mol. The van der Waals surface area contributed by atoms with Crippen molar-refractivity contribution in [3.05, 3.63) is 72.3 Å². The van der Waals surface area contributed by atoms with E-state index in [4.69, 9.17) is 0 Å². The zero-order valence-electron chi connectivity index (χ0n) is 18.1. The second-order valence-corrected chi connectivity index (χ2v) is 8.57. The maximum atomic E-state index is 13.1. The molecular formula is C25H27N5O2. The van der Waals surface area contributed by atoms with Crippen molar-refractivity contribution in [2.24, 2.45) is 7.05 Å². The van der Waals surface area contributed by atoms with Crippen LogP contribution in [-0.2, 0) is 13.6 Å². The van der Waals surface area contributed by atoms with Gasteiger partial charge in [0.05, 0.1) is 29.4 Å². The standard InChI is InChI=1S/C25H27N5O2/c1-29-15-19(13-27-29)18-10-8-17(9-11-18)14-30-16-20(24-22(30)6-4-12-26-24)25(32)28-21-5-2-3-7-23(21)31/h4,6,8-13,15-16,21,23,31H,2-3,5,7,14H2,1H3,(H,28,32)/t21-,23-/m0/s1. The van der Waals surface area contributed by atoms with Crippen molar-refractivity contribution in [1.82, 2.24) is 24.6 Å². The highest BCUT2D eigenvalue weighted by atomic mass is 16.3. The van der Waals surface area contributed by atoms with Crippen molar-refractivity contribution in [3.8, 4) is 11.1 Å². The molecule has 3 heterocycles. The summed E-state index contributed by atoms with van der Waals surface area (Å²) in [6.07, 6.45) is 10.5. The Morgan fingerprint density at radius 3 is 2.69 bits per heavy atom. The molecule has 0 spiro atoms. The minimum atomic E-state index is -0.479. The van der Waals surface area contributed by atoms with E-state index in [-0.39, 0.29) is 11.9 Å². The molecule has 0 radical (unpaired) electrons. The van der Waals surface area contributed by atoms with Crippen LogP contribution in [0.2, 0.25) is 0 Å². The summed E-state index contributed by atoms with van der Waals surface area (Å²) >= 11 is 0. The van der Waals surface area contributed by atoms with E-state index in [1.165, 1.54) is 0 Å². The van der Waals surface area contributed by atoms with Crippen molar-refractivity contribution in [2.45, 2.75) is 44.4 Å². The van der Waals surface area contributed by atoms with Gasteiger partial charge in [0, 0.05) is 37.7 Å². The molecule has 1 aliphatic rings. The van der Waals surface area contributed by atoms with Crippen molar-refractivity contribution < 1.29 is 9.90 Å². The Labute approximate surface area is 186 Å². The summed E-state index contributed by atoms with van der Waals surface area (Å²) in [5.74, 6) is -0.176. The topological polar surface area (TPSA) is 85.0 Å². The van der Waals surface area contributed by atoms with E-state index in [2.05, 4.69) is 44.2 Å². The summed E-state index contributed by atoms with van der Waals surface area (Å²) in [5, 5.41) is 17.5. The zero-order valence-corrected chi connectivity index (χ0v) is 18.1. The van der Waals surface area contributed by atoms with E-state index < -0.39 is 6.10 Å². The van der Waals surface area contributed by atoms with Gasteiger partial charge in [0.25, 0.3) is 5.91 Å². The summed E-state index contributed by atoms with van der Waals surface area (Å²) in [6, 6.07) is 12.1. The van der Waals surface area contributed by atoms with Gasteiger partial charge in [-0.3, -0.25) is 14.5 Å². The van der Waals surface area contributed by atoms with Crippen LogP contribution in [-0.4, -0.2) is 42.5 Å². The molecule has 2 N–H and O–H groups in total. The number of aromatic nitrogens is 4. The van der Waals surface area contributed by atoms with Crippen molar-refractivity contribution in [2.75, 3.05) is 0 Å². The number of nitrogens with zero attached hydrogens (tertiary/aromatic N) is 4. The summed E-state index contributed by atoms with van der Waals surface area (Å²) in [7, 11) is 1.91. The zero-order chi connectivity index (χ0) is 22.1. The number of nitrogens with one attached hydrogen (secondary N) is 1. The number of aryl methyl sites for hydroxylation is 1. The quantitative estimate of drug-likeness (QED) is 0.508. The number of benzene rings is 1. The Morgan fingerprint density at radius 1 is 1.12 bits per heavy atom. The summed E-state index contributed by atoms with van der Waals surface area (Å²) < 4.78 is 3.86. The number of hydrogen-bond acceptors (Lipinski definition) is 4. The van der Waals surface area contributed by atoms with E-state index in [0.717, 1.165) is 47.9 Å². The normalized spacial score (nSPS) is 18.7. The molecule has 4 aromatic rings. The minimum Gasteiger partial charge on any atom is -0.391 e. The third-order valence-corrected chi connectivity index (χ3v) is 6.27. The number of amides is 1. The second kappa shape index (κ2) is 8.59. The lowest BCUT2D eigenvalue weighted by Crippen LogP contribution is -2.45. The van der Waals surface area contributed by atoms with Gasteiger partial charge in [0.1, 0.15) is 5.52 Å². The lowest BCUT2D eigenvalue weighted by atomic mass is 9.92. The van der Waals surface area contributed by atoms with Gasteiger partial charge >= 0.3 is 0 Å². The molecule has 1 aromatic carbocycles. The van der Waals surface area contributed by atoms with Crippen molar-refractivity contribution >= 4 is 16.9 Å². The first-order valence-corrected chi connectivity index (χ1v) is 11.1. The molecule has 0 bridgehead atoms. The van der Waals surface area contributed by atoms with E-state index >= 15 is 0 Å². The molecule has 0 saturated heterocycles. The van der Waals surface area contributed by atoms with Crippen molar-refractivity contribution in [3.63, 3.8) is 0 Å². The smallest absolute Gasteiger partial charge is 0.255 e. The highest BCUT2D eigenvalue weighted by molar-refractivity contribution is 6.05. The Morgan fingerprint density at radius 2 is 1.94 bits per heavy atom. The fourth-order valence-electron chi connectivity index (χ4n) is 4.51. The van der Waals surface area contributed by atoms with Crippen LogP contribution in [0, 0.1) is 0 Å². The molecule has 2 atom stereocenters. The van der Waals surface area contributed by atoms with Crippen LogP contribution in [0.25, 0.3) is 22.2 Å². The number of aliphatic hydroxyl groups is 1. The van der Waals surface area contributed by atoms with Gasteiger partial charge in [-0.15, -0.1) is 0 Å². The summed E-state index contributed by atoms with van der Waals surface area (Å²) in [4.78, 5) is 17.5. The molecule has 7 heteroatoms. The molecule has 32 heavy (non-hydrogen) atoms. The molecule has 164 valence electrons. The lowest BCUT2D eigenvalue weighted by Gasteiger charge is -2.28. The predicted octanol–water partition coefficient (Wildman–Crippen LogP) is 3.52. The Balaban J connectivity index is 1.39. The van der Waals surface area contributed by atoms with Gasteiger partial charge in [0.15, 0.2) is 0 Å². The molecule has 1 saturated carbocycles. The van der Waals surface area contributed by atoms with Gasteiger partial charge in [-0.2, -0.15) is 5.10 Å². The number of carbonyl (C=O) groups excluding carboxylic acids is 1. The monoisotopic (exact) mass is 429 g/mol. The van der Waals surface area contributed by atoms with Crippen LogP contribution >= 0.6 is 0 Å². The summed E-state index contributed by atoms with van der Waals surface area (Å²) in [6.45, 7) is 0.634. The van der Waals surface area contributed by atoms with E-state index in [9.17, 15) is 9.90 Å². The molecule has 5 rings (SSSR count). The van der Waals surface area contributed by atoms with Gasteiger partial charge in [0.2, 0.25) is 0 Å². The number of fused-ring (bicyclic) bond motifs is 1. The molecular weight excluding hydrogens is 402 g/mol. The third-order valence-electron chi connectivity index (χ3n) is 6.27. The maximum Gasteiger partial charge on any atom is 0.255 e. The second-order valence-electron chi connectivity index (χ2n) is 8.57. The Bertz CT molecular complexity index is 1240. The first kappa shape index (κ1) is 20.5. The number of rotatable bonds is 5. The maximum absolute atomic E-state index is 13.1. The highest BCUT2D eigenvalue weighted by Crippen LogP contribution is 2.24. The van der Waals surface area contributed by atoms with Crippen LogP contribution in [0.5, 0.6) is 0 Å². The summed E-state index contributed by atoms with van der Waals surface area (Å²) in [5.41, 5.74) is 5.48. The number of pyridine rings is 1. The van der Waals surface area contributed by atoms with Crippen LogP contribution < -0.4 is 5.32 Å². The predicted molar refractivity (Wildman–Crippen MR) is 123 cm³/mol. The number of carbonyl (C=O) groups is 1. The Hall–Kier alpha value is -3.45. The SMILES string of the molecule is Cn1cc(-c2ccc(Cn3cc(C(=O)N[C@H]4CCCC[C@@H]4O)c4ncccc43)cc2)cn1. The fraction of sp³-hybridized carbons (Fsp3) is 0.320. The minimum absolute atomic E-state index is 0.176. The van der Waals surface area contributed by atoms with E-state index in [0.29, 0.717) is 17.6 Å². The molecule has 1 amide bonds. The molecule has 3 aromatic heterocycles. The van der Waals surface area contributed by atoms with E-state index in [1.54, 1.807) is 10.9 Å².